The first-order chi connectivity index (χ1) is 11.4. The summed E-state index contributed by atoms with van der Waals surface area (Å²) in [7, 11) is -2.42. The minimum absolute atomic E-state index is 0.0520. The minimum Gasteiger partial charge on any atom is -0.394 e. The molecule has 1 rings (SSSR count). The van der Waals surface area contributed by atoms with Gasteiger partial charge in [0.1, 0.15) is 5.78 Å². The van der Waals surface area contributed by atoms with Gasteiger partial charge in [-0.25, -0.2) is 0 Å². The summed E-state index contributed by atoms with van der Waals surface area (Å²) in [6.07, 6.45) is 2.60. The normalized spacial score (nSPS) is 25.2. The third-order valence-corrected chi connectivity index (χ3v) is 9.72. The first-order valence-electron chi connectivity index (χ1n) is 9.58. The predicted octanol–water partition coefficient (Wildman–Crippen LogP) is 4.76. The van der Waals surface area contributed by atoms with Gasteiger partial charge in [-0.3, -0.25) is 4.79 Å². The first-order valence-corrected chi connectivity index (χ1v) is 11.6. The Bertz CT molecular complexity index is 469. The smallest absolute Gasteiger partial charge is 0.343 e. The fourth-order valence-corrected chi connectivity index (χ4v) is 7.04. The molecule has 0 aliphatic carbocycles. The van der Waals surface area contributed by atoms with Crippen molar-refractivity contribution in [2.75, 3.05) is 6.61 Å². The highest BCUT2D eigenvalue weighted by Crippen LogP contribution is 2.38. The van der Waals surface area contributed by atoms with Gasteiger partial charge in [0.15, 0.2) is 0 Å². The minimum atomic E-state index is -2.42. The Hall–Kier alpha value is -0.493. The largest absolute Gasteiger partial charge is 0.394 e. The molecule has 0 aromatic carbocycles. The second-order valence-corrected chi connectivity index (χ2v) is 13.3. The lowest BCUT2D eigenvalue weighted by atomic mass is 9.85. The topological polar surface area (TPSA) is 55.8 Å². The maximum absolute atomic E-state index is 12.6. The van der Waals surface area contributed by atoms with E-state index >= 15 is 0 Å². The first kappa shape index (κ1) is 22.5. The van der Waals surface area contributed by atoms with Crippen molar-refractivity contribution in [1.29, 1.82) is 0 Å². The van der Waals surface area contributed by atoms with Crippen molar-refractivity contribution in [2.24, 2.45) is 5.41 Å². The Labute approximate surface area is 155 Å². The van der Waals surface area contributed by atoms with E-state index in [1.165, 1.54) is 0 Å². The number of aliphatic hydroxyl groups excluding tert-OH is 1. The number of hydrogen-bond acceptors (Lipinski definition) is 4. The SMILES string of the molecule is C/C1=C/CCO[Si](C(C)C)(C(C)C)O[C@@H]1CC(=O)C[C@@H](O)C(C)(C)C. The van der Waals surface area contributed by atoms with Crippen LogP contribution in [0.4, 0.5) is 0 Å². The van der Waals surface area contributed by atoms with E-state index in [0.717, 1.165) is 12.0 Å². The molecule has 25 heavy (non-hydrogen) atoms. The highest BCUT2D eigenvalue weighted by molar-refractivity contribution is 6.70. The molecule has 0 aromatic heterocycles. The zero-order chi connectivity index (χ0) is 19.4. The van der Waals surface area contributed by atoms with Crippen molar-refractivity contribution in [3.8, 4) is 0 Å². The molecule has 1 aliphatic heterocycles. The van der Waals surface area contributed by atoms with Crippen molar-refractivity contribution in [2.45, 2.75) is 97.9 Å². The van der Waals surface area contributed by atoms with E-state index in [0.29, 0.717) is 24.1 Å². The third kappa shape index (κ3) is 6.02. The van der Waals surface area contributed by atoms with Crippen LogP contribution in [0.15, 0.2) is 11.6 Å². The summed E-state index contributed by atoms with van der Waals surface area (Å²) in [5.41, 5.74) is 1.45. The van der Waals surface area contributed by atoms with Gasteiger partial charge in [0, 0.05) is 19.4 Å². The lowest BCUT2D eigenvalue weighted by Crippen LogP contribution is -2.52. The van der Waals surface area contributed by atoms with Gasteiger partial charge in [-0.2, -0.15) is 0 Å². The average Bonchev–Trinajstić information content (AvgIpc) is 2.45. The van der Waals surface area contributed by atoms with Gasteiger partial charge in [0.25, 0.3) is 0 Å². The van der Waals surface area contributed by atoms with Crippen molar-refractivity contribution in [3.05, 3.63) is 11.6 Å². The summed E-state index contributed by atoms with van der Waals surface area (Å²) < 4.78 is 12.9. The third-order valence-electron chi connectivity index (χ3n) is 5.19. The van der Waals surface area contributed by atoms with E-state index in [9.17, 15) is 9.90 Å². The van der Waals surface area contributed by atoms with Crippen molar-refractivity contribution >= 4 is 14.3 Å². The molecule has 0 aromatic rings. The van der Waals surface area contributed by atoms with Crippen LogP contribution in [0.1, 0.15) is 74.7 Å². The van der Waals surface area contributed by atoms with E-state index in [1.54, 1.807) is 0 Å². The molecule has 0 bridgehead atoms. The van der Waals surface area contributed by atoms with Crippen LogP contribution in [-0.2, 0) is 13.6 Å². The molecule has 1 aliphatic rings. The summed E-state index contributed by atoms with van der Waals surface area (Å²) in [5, 5.41) is 10.2. The summed E-state index contributed by atoms with van der Waals surface area (Å²) in [5.74, 6) is 0.0520. The van der Waals surface area contributed by atoms with E-state index in [1.807, 2.05) is 27.7 Å². The number of carbonyl (C=O) groups excluding carboxylic acids is 1. The Kier molecular flexibility index (Phi) is 8.06. The molecule has 0 saturated heterocycles. The van der Waals surface area contributed by atoms with Crippen LogP contribution >= 0.6 is 0 Å². The van der Waals surface area contributed by atoms with E-state index in [4.69, 9.17) is 8.85 Å². The van der Waals surface area contributed by atoms with Crippen LogP contribution in [0, 0.1) is 5.41 Å². The molecule has 5 heteroatoms. The quantitative estimate of drug-likeness (QED) is 0.541. The van der Waals surface area contributed by atoms with Crippen molar-refractivity contribution in [3.63, 3.8) is 0 Å². The lowest BCUT2D eigenvalue weighted by molar-refractivity contribution is -0.124. The van der Waals surface area contributed by atoms with Crippen LogP contribution in [0.3, 0.4) is 0 Å². The van der Waals surface area contributed by atoms with Gasteiger partial charge in [0.2, 0.25) is 0 Å². The van der Waals surface area contributed by atoms with Crippen LogP contribution in [0.5, 0.6) is 0 Å². The zero-order valence-corrected chi connectivity index (χ0v) is 18.4. The monoisotopic (exact) mass is 370 g/mol. The Balaban J connectivity index is 2.96. The molecule has 0 saturated carbocycles. The van der Waals surface area contributed by atoms with Crippen LogP contribution in [-0.4, -0.2) is 38.3 Å². The van der Waals surface area contributed by atoms with Crippen LogP contribution in [0.2, 0.25) is 11.1 Å². The molecule has 4 nitrogen and oxygen atoms in total. The maximum Gasteiger partial charge on any atom is 0.343 e. The predicted molar refractivity (Wildman–Crippen MR) is 105 cm³/mol. The van der Waals surface area contributed by atoms with Crippen molar-refractivity contribution in [1.82, 2.24) is 0 Å². The summed E-state index contributed by atoms with van der Waals surface area (Å²) in [4.78, 5) is 12.6. The maximum atomic E-state index is 12.6. The molecule has 1 N–H and O–H groups in total. The zero-order valence-electron chi connectivity index (χ0n) is 17.4. The molecule has 146 valence electrons. The van der Waals surface area contributed by atoms with Gasteiger partial charge in [-0.05, 0) is 35.4 Å². The molecule has 0 radical (unpaired) electrons. The number of rotatable bonds is 6. The number of ketones is 1. The Morgan fingerprint density at radius 2 is 1.84 bits per heavy atom. The van der Waals surface area contributed by atoms with Gasteiger partial charge >= 0.3 is 8.56 Å². The Morgan fingerprint density at radius 1 is 1.28 bits per heavy atom. The molecule has 2 atom stereocenters. The summed E-state index contributed by atoms with van der Waals surface area (Å²) in [6.45, 7) is 17.2. The number of carbonyl (C=O) groups is 1. The molecular weight excluding hydrogens is 332 g/mol. The molecule has 0 fully saturated rings. The van der Waals surface area contributed by atoms with Crippen LogP contribution in [0.25, 0.3) is 0 Å². The highest BCUT2D eigenvalue weighted by Gasteiger charge is 2.47. The fraction of sp³-hybridized carbons (Fsp3) is 0.850. The molecular formula is C20H38O4Si. The summed E-state index contributed by atoms with van der Waals surface area (Å²) in [6, 6.07) is 0. The van der Waals surface area contributed by atoms with Gasteiger partial charge in [-0.15, -0.1) is 0 Å². The molecule has 0 amide bonds. The Morgan fingerprint density at radius 3 is 2.32 bits per heavy atom. The fourth-order valence-electron chi connectivity index (χ4n) is 3.27. The standard InChI is InChI=1S/C20H38O4Si/c1-14(2)25(15(3)4)23-11-9-10-16(5)18(24-25)12-17(21)13-19(22)20(6,7)8/h10,14-15,18-19,22H,9,11-13H2,1-8H3/b16-10-/t18-,19-/m1/s1. The van der Waals surface area contributed by atoms with E-state index in [2.05, 4.69) is 33.8 Å². The van der Waals surface area contributed by atoms with E-state index < -0.39 is 14.7 Å². The summed E-state index contributed by atoms with van der Waals surface area (Å²) >= 11 is 0. The second-order valence-electron chi connectivity index (χ2n) is 9.05. The molecule has 0 unspecified atom stereocenters. The number of Topliss-reactive ketones (excluding diaryl/α,β-unsaturated/α-hetero) is 1. The molecule has 1 heterocycles. The average molecular weight is 371 g/mol. The van der Waals surface area contributed by atoms with Gasteiger partial charge in [-0.1, -0.05) is 54.5 Å². The second kappa shape index (κ2) is 8.93. The number of aliphatic hydroxyl groups is 1. The van der Waals surface area contributed by atoms with Crippen molar-refractivity contribution < 1.29 is 18.8 Å². The van der Waals surface area contributed by atoms with Crippen LogP contribution < -0.4 is 0 Å². The molecule has 0 spiro atoms. The van der Waals surface area contributed by atoms with Gasteiger partial charge in [0.05, 0.1) is 12.2 Å². The number of hydrogen-bond donors (Lipinski definition) is 1. The lowest BCUT2D eigenvalue weighted by Gasteiger charge is -2.41. The van der Waals surface area contributed by atoms with E-state index in [-0.39, 0.29) is 23.7 Å². The van der Waals surface area contributed by atoms with Gasteiger partial charge < -0.3 is 14.0 Å². The highest BCUT2D eigenvalue weighted by atomic mass is 28.4.